The Morgan fingerprint density at radius 3 is 2.62 bits per heavy atom. The van der Waals surface area contributed by atoms with E-state index >= 15 is 0 Å². The number of fused-ring (bicyclic) bond motifs is 1. The third-order valence-corrected chi connectivity index (χ3v) is 6.88. The molecule has 0 saturated carbocycles. The molecule has 34 heavy (non-hydrogen) atoms. The van der Waals surface area contributed by atoms with Crippen molar-refractivity contribution < 1.29 is 23.9 Å². The van der Waals surface area contributed by atoms with E-state index in [-0.39, 0.29) is 24.5 Å². The molecule has 0 radical (unpaired) electrons. The van der Waals surface area contributed by atoms with Gasteiger partial charge in [-0.05, 0) is 24.6 Å². The number of halogens is 1. The summed E-state index contributed by atoms with van der Waals surface area (Å²) in [5.41, 5.74) is 1.33. The minimum atomic E-state index is -0.734. The Kier molecular flexibility index (Phi) is 7.74. The van der Waals surface area contributed by atoms with Gasteiger partial charge in [0.25, 0.3) is 5.91 Å². The van der Waals surface area contributed by atoms with Crippen LogP contribution in [0.25, 0.3) is 10.2 Å². The monoisotopic (exact) mass is 503 g/mol. The number of benzene rings is 1. The molecule has 10 heteroatoms. The largest absolute Gasteiger partial charge is 0.508 e. The van der Waals surface area contributed by atoms with Crippen molar-refractivity contribution in [1.82, 2.24) is 15.2 Å². The number of carbonyl (C=O) groups excluding carboxylic acids is 3. The summed E-state index contributed by atoms with van der Waals surface area (Å²) in [5, 5.41) is 3.77. The van der Waals surface area contributed by atoms with E-state index in [9.17, 15) is 14.4 Å². The van der Waals surface area contributed by atoms with Crippen molar-refractivity contribution in [2.45, 2.75) is 38.3 Å². The zero-order valence-electron chi connectivity index (χ0n) is 18.7. The van der Waals surface area contributed by atoms with Crippen LogP contribution in [0.15, 0.2) is 42.5 Å². The second-order valence-electron chi connectivity index (χ2n) is 8.06. The van der Waals surface area contributed by atoms with Gasteiger partial charge in [0, 0.05) is 37.7 Å². The number of hydrogen-bond acceptors (Lipinski definition) is 6. The topological polar surface area (TPSA) is 101 Å². The summed E-state index contributed by atoms with van der Waals surface area (Å²) in [4.78, 5) is 43.6. The molecule has 1 fully saturated rings. The number of hydrogen-bond donors (Lipinski definition) is 2. The smallest absolute Gasteiger partial charge is 0.435 e. The van der Waals surface area contributed by atoms with Crippen LogP contribution < -0.4 is 5.32 Å². The maximum atomic E-state index is 13.4. The van der Waals surface area contributed by atoms with Gasteiger partial charge in [0.05, 0.1) is 10.9 Å². The lowest BCUT2D eigenvalue weighted by Crippen LogP contribution is -2.52. The van der Waals surface area contributed by atoms with Crippen molar-refractivity contribution in [3.05, 3.63) is 58.1 Å². The minimum Gasteiger partial charge on any atom is -0.435 e. The number of likely N-dealkylation sites (tertiary alicyclic amines) is 1. The quantitative estimate of drug-likeness (QED) is 0.466. The van der Waals surface area contributed by atoms with E-state index in [1.54, 1.807) is 24.0 Å². The zero-order valence-corrected chi connectivity index (χ0v) is 20.3. The number of rotatable bonds is 7. The number of carbonyl (C=O) groups is 3. The average molecular weight is 504 g/mol. The van der Waals surface area contributed by atoms with E-state index in [4.69, 9.17) is 21.1 Å². The van der Waals surface area contributed by atoms with Gasteiger partial charge in [-0.3, -0.25) is 9.59 Å². The van der Waals surface area contributed by atoms with Crippen LogP contribution in [0.2, 0.25) is 4.34 Å². The van der Waals surface area contributed by atoms with E-state index in [0.717, 1.165) is 15.8 Å². The van der Waals surface area contributed by atoms with Crippen LogP contribution in [0.4, 0.5) is 4.79 Å². The first-order chi connectivity index (χ1) is 16.4. The van der Waals surface area contributed by atoms with Gasteiger partial charge in [0.1, 0.15) is 22.7 Å². The molecular formula is C24H26ClN3O5S. The highest BCUT2D eigenvalue weighted by Gasteiger charge is 2.31. The van der Waals surface area contributed by atoms with Gasteiger partial charge in [-0.25, -0.2) is 4.79 Å². The number of H-pyrrole nitrogens is 1. The van der Waals surface area contributed by atoms with Gasteiger partial charge in [0.15, 0.2) is 0 Å². The first-order valence-electron chi connectivity index (χ1n) is 11.2. The molecule has 3 heterocycles. The third kappa shape index (κ3) is 5.90. The molecule has 3 aromatic rings. The van der Waals surface area contributed by atoms with E-state index in [1.807, 2.05) is 30.3 Å². The number of nitrogens with zero attached hydrogens (tertiary/aromatic N) is 1. The van der Waals surface area contributed by atoms with Crippen LogP contribution in [0.3, 0.4) is 0 Å². The second-order valence-corrected chi connectivity index (χ2v) is 9.74. The van der Waals surface area contributed by atoms with Gasteiger partial charge in [-0.2, -0.15) is 0 Å². The Bertz CT molecular complexity index is 1120. The maximum Gasteiger partial charge on any atom is 0.508 e. The lowest BCUT2D eigenvalue weighted by molar-refractivity contribution is -0.135. The third-order valence-electron chi connectivity index (χ3n) is 5.69. The molecule has 2 N–H and O–H groups in total. The molecule has 8 nitrogen and oxygen atoms in total. The SMILES string of the molecule is CCOC(=O)OC1CCN(C(=O)[C@H](Cc2ccccc2)NC(=O)c2cc3cc(Cl)sc3[nH]2)CC1. The molecule has 1 saturated heterocycles. The Hall–Kier alpha value is -3.04. The summed E-state index contributed by atoms with van der Waals surface area (Å²) >= 11 is 7.38. The zero-order chi connectivity index (χ0) is 24.1. The lowest BCUT2D eigenvalue weighted by Gasteiger charge is -2.34. The van der Waals surface area contributed by atoms with Gasteiger partial charge in [-0.1, -0.05) is 41.9 Å². The number of nitrogens with one attached hydrogen (secondary N) is 2. The Balaban J connectivity index is 1.43. The van der Waals surface area contributed by atoms with Crippen molar-refractivity contribution in [1.29, 1.82) is 0 Å². The van der Waals surface area contributed by atoms with E-state index in [2.05, 4.69) is 10.3 Å². The highest BCUT2D eigenvalue weighted by Crippen LogP contribution is 2.29. The number of amides is 2. The Morgan fingerprint density at radius 2 is 1.94 bits per heavy atom. The number of aromatic nitrogens is 1. The first-order valence-corrected chi connectivity index (χ1v) is 12.4. The van der Waals surface area contributed by atoms with Crippen LogP contribution in [0.1, 0.15) is 35.8 Å². The molecule has 2 aromatic heterocycles. The molecule has 2 amide bonds. The summed E-state index contributed by atoms with van der Waals surface area (Å²) < 4.78 is 10.8. The molecule has 1 atom stereocenters. The molecule has 0 unspecified atom stereocenters. The van der Waals surface area contributed by atoms with Crippen LogP contribution in [-0.4, -0.2) is 59.7 Å². The van der Waals surface area contributed by atoms with Crippen molar-refractivity contribution in [3.63, 3.8) is 0 Å². The summed E-state index contributed by atoms with van der Waals surface area (Å²) in [5.74, 6) is -0.516. The highest BCUT2D eigenvalue weighted by molar-refractivity contribution is 7.22. The lowest BCUT2D eigenvalue weighted by atomic mass is 10.0. The Morgan fingerprint density at radius 1 is 1.21 bits per heavy atom. The van der Waals surface area contributed by atoms with Crippen LogP contribution >= 0.6 is 22.9 Å². The summed E-state index contributed by atoms with van der Waals surface area (Å²) in [6.45, 7) is 2.83. The predicted octanol–water partition coefficient (Wildman–Crippen LogP) is 4.39. The highest BCUT2D eigenvalue weighted by atomic mass is 35.5. The van der Waals surface area contributed by atoms with Crippen molar-refractivity contribution >= 4 is 51.1 Å². The molecule has 1 aromatic carbocycles. The van der Waals surface area contributed by atoms with E-state index in [0.29, 0.717) is 42.4 Å². The molecule has 4 rings (SSSR count). The number of aromatic amines is 1. The summed E-state index contributed by atoms with van der Waals surface area (Å²) in [6.07, 6.45) is 0.428. The summed E-state index contributed by atoms with van der Waals surface area (Å²) in [7, 11) is 0. The molecule has 180 valence electrons. The van der Waals surface area contributed by atoms with Crippen LogP contribution in [0.5, 0.6) is 0 Å². The summed E-state index contributed by atoms with van der Waals surface area (Å²) in [6, 6.07) is 12.4. The molecule has 0 bridgehead atoms. The fourth-order valence-electron chi connectivity index (χ4n) is 4.00. The van der Waals surface area contributed by atoms with Crippen LogP contribution in [-0.2, 0) is 20.7 Å². The number of ether oxygens (including phenoxy) is 2. The maximum absolute atomic E-state index is 13.4. The molecule has 1 aliphatic rings. The standard InChI is InChI=1S/C24H26ClN3O5S/c1-2-32-24(31)33-17-8-10-28(11-9-17)23(30)19(12-15-6-4-3-5-7-15)26-21(29)18-13-16-14-20(25)34-22(16)27-18/h3-7,13-14,17,19,27H,2,8-12H2,1H3,(H,26,29)/t19-/m0/s1. The Labute approximate surface area is 206 Å². The molecular weight excluding hydrogens is 478 g/mol. The normalized spacial score (nSPS) is 15.2. The van der Waals surface area contributed by atoms with Crippen molar-refractivity contribution in [2.75, 3.05) is 19.7 Å². The molecule has 0 aliphatic carbocycles. The van der Waals surface area contributed by atoms with Gasteiger partial charge in [0.2, 0.25) is 5.91 Å². The fraction of sp³-hybridized carbons (Fsp3) is 0.375. The first kappa shape index (κ1) is 24.1. The van der Waals surface area contributed by atoms with E-state index in [1.165, 1.54) is 11.3 Å². The van der Waals surface area contributed by atoms with Crippen molar-refractivity contribution in [3.8, 4) is 0 Å². The second kappa shape index (κ2) is 10.9. The van der Waals surface area contributed by atoms with Crippen LogP contribution in [0, 0.1) is 0 Å². The average Bonchev–Trinajstić information content (AvgIpc) is 3.37. The fourth-order valence-corrected chi connectivity index (χ4v) is 5.13. The molecule has 1 aliphatic heterocycles. The predicted molar refractivity (Wildman–Crippen MR) is 130 cm³/mol. The molecule has 0 spiro atoms. The van der Waals surface area contributed by atoms with Gasteiger partial charge >= 0.3 is 6.16 Å². The van der Waals surface area contributed by atoms with Gasteiger partial charge in [-0.15, -0.1) is 11.3 Å². The minimum absolute atomic E-state index is 0.164. The van der Waals surface area contributed by atoms with Crippen molar-refractivity contribution in [2.24, 2.45) is 0 Å². The van der Waals surface area contributed by atoms with Gasteiger partial charge < -0.3 is 24.7 Å². The number of thiophene rings is 1. The number of piperidine rings is 1. The van der Waals surface area contributed by atoms with E-state index < -0.39 is 12.2 Å².